The molecule has 0 aliphatic rings. The molecular formula is C15H16N2O3S. The van der Waals surface area contributed by atoms with Crippen LogP contribution in [0.5, 0.6) is 0 Å². The molecule has 0 spiro atoms. The Hall–Kier alpha value is -2.21. The molecular weight excluding hydrogens is 288 g/mol. The third-order valence-electron chi connectivity index (χ3n) is 2.89. The summed E-state index contributed by atoms with van der Waals surface area (Å²) in [7, 11) is 0. The Labute approximate surface area is 127 Å². The minimum atomic E-state index is -0.524. The van der Waals surface area contributed by atoms with E-state index in [1.54, 1.807) is 12.4 Å². The van der Waals surface area contributed by atoms with Crippen molar-refractivity contribution in [3.8, 4) is 0 Å². The van der Waals surface area contributed by atoms with Crippen LogP contribution in [0, 0.1) is 6.92 Å². The molecule has 2 aromatic rings. The summed E-state index contributed by atoms with van der Waals surface area (Å²) in [4.78, 5) is 27.8. The summed E-state index contributed by atoms with van der Waals surface area (Å²) < 4.78 is 5.53. The molecule has 2 rings (SSSR count). The first-order chi connectivity index (χ1) is 10.1. The summed E-state index contributed by atoms with van der Waals surface area (Å²) in [6, 6.07) is 9.33. The van der Waals surface area contributed by atoms with Gasteiger partial charge in [-0.1, -0.05) is 30.3 Å². The van der Waals surface area contributed by atoms with Crippen molar-refractivity contribution in [2.24, 2.45) is 0 Å². The second-order valence-electron chi connectivity index (χ2n) is 4.51. The van der Waals surface area contributed by atoms with Crippen molar-refractivity contribution in [1.82, 2.24) is 10.3 Å². The zero-order valence-corrected chi connectivity index (χ0v) is 12.6. The molecule has 6 heteroatoms. The Bertz CT molecular complexity index is 625. The van der Waals surface area contributed by atoms with Gasteiger partial charge in [0.15, 0.2) is 0 Å². The van der Waals surface area contributed by atoms with E-state index in [0.29, 0.717) is 10.6 Å². The molecule has 1 N–H and O–H groups in total. The number of aryl methyl sites for hydroxylation is 1. The van der Waals surface area contributed by atoms with Crippen molar-refractivity contribution in [3.05, 3.63) is 52.0 Å². The fraction of sp³-hybridized carbons (Fsp3) is 0.267. The molecule has 5 nitrogen and oxygen atoms in total. The lowest BCUT2D eigenvalue weighted by molar-refractivity contribution is -0.119. The minimum Gasteiger partial charge on any atom is -0.451 e. The van der Waals surface area contributed by atoms with Crippen LogP contribution < -0.4 is 5.32 Å². The number of hydrogen-bond acceptors (Lipinski definition) is 5. The molecule has 0 aliphatic heterocycles. The van der Waals surface area contributed by atoms with Gasteiger partial charge in [-0.3, -0.25) is 4.79 Å². The first-order valence-electron chi connectivity index (χ1n) is 6.48. The highest BCUT2D eigenvalue weighted by molar-refractivity contribution is 7.11. The van der Waals surface area contributed by atoms with Gasteiger partial charge >= 0.3 is 5.97 Å². The lowest BCUT2D eigenvalue weighted by Gasteiger charge is -2.18. The summed E-state index contributed by atoms with van der Waals surface area (Å²) in [5.74, 6) is -0.588. The van der Waals surface area contributed by atoms with Crippen molar-refractivity contribution < 1.29 is 14.3 Å². The van der Waals surface area contributed by atoms with Gasteiger partial charge in [0.2, 0.25) is 5.91 Å². The molecule has 21 heavy (non-hydrogen) atoms. The predicted molar refractivity (Wildman–Crippen MR) is 80.1 cm³/mol. The van der Waals surface area contributed by atoms with Crippen molar-refractivity contribution in [2.45, 2.75) is 20.0 Å². The molecule has 0 unspecified atom stereocenters. The van der Waals surface area contributed by atoms with Gasteiger partial charge in [-0.15, -0.1) is 11.3 Å². The third kappa shape index (κ3) is 4.13. The van der Waals surface area contributed by atoms with E-state index in [1.165, 1.54) is 18.3 Å². The van der Waals surface area contributed by atoms with E-state index in [0.717, 1.165) is 5.56 Å². The zero-order valence-electron chi connectivity index (χ0n) is 11.8. The molecule has 1 aromatic heterocycles. The van der Waals surface area contributed by atoms with E-state index in [2.05, 4.69) is 10.3 Å². The average Bonchev–Trinajstić information content (AvgIpc) is 2.90. The number of carbonyl (C=O) groups excluding carboxylic acids is 2. The molecule has 0 fully saturated rings. The van der Waals surface area contributed by atoms with Gasteiger partial charge in [-0.25, -0.2) is 9.78 Å². The minimum absolute atomic E-state index is 0.166. The molecule has 0 radical (unpaired) electrons. The lowest BCUT2D eigenvalue weighted by atomic mass is 10.1. The smallest absolute Gasteiger partial charge is 0.350 e. The fourth-order valence-corrected chi connectivity index (χ4v) is 2.50. The second kappa shape index (κ2) is 6.99. The van der Waals surface area contributed by atoms with E-state index >= 15 is 0 Å². The monoisotopic (exact) mass is 304 g/mol. The van der Waals surface area contributed by atoms with Crippen molar-refractivity contribution in [3.63, 3.8) is 0 Å². The molecule has 110 valence electrons. The summed E-state index contributed by atoms with van der Waals surface area (Å²) in [6.45, 7) is 3.43. The Balaban J connectivity index is 2.14. The third-order valence-corrected chi connectivity index (χ3v) is 3.80. The predicted octanol–water partition coefficient (Wildman–Crippen LogP) is 2.49. The zero-order chi connectivity index (χ0) is 15.2. The van der Waals surface area contributed by atoms with E-state index in [1.807, 2.05) is 30.3 Å². The topological polar surface area (TPSA) is 68.3 Å². The van der Waals surface area contributed by atoms with Gasteiger partial charge in [-0.05, 0) is 12.5 Å². The molecule has 1 amide bonds. The molecule has 1 aromatic carbocycles. The number of ether oxygens (including phenoxy) is 1. The fourth-order valence-electron chi connectivity index (χ4n) is 1.81. The number of rotatable bonds is 5. The van der Waals surface area contributed by atoms with Gasteiger partial charge in [0.25, 0.3) is 0 Å². The first-order valence-corrected chi connectivity index (χ1v) is 7.36. The number of carbonyl (C=O) groups is 2. The van der Waals surface area contributed by atoms with E-state index in [4.69, 9.17) is 4.74 Å². The van der Waals surface area contributed by atoms with Crippen LogP contribution in [-0.2, 0) is 9.53 Å². The normalized spacial score (nSPS) is 11.7. The maximum atomic E-state index is 12.2. The molecule has 1 heterocycles. The summed E-state index contributed by atoms with van der Waals surface area (Å²) in [5.41, 5.74) is 3.09. The van der Waals surface area contributed by atoms with E-state index in [-0.39, 0.29) is 12.5 Å². The second-order valence-corrected chi connectivity index (χ2v) is 5.36. The van der Waals surface area contributed by atoms with Crippen molar-refractivity contribution in [1.29, 1.82) is 0 Å². The van der Waals surface area contributed by atoms with Crippen LogP contribution in [-0.4, -0.2) is 23.4 Å². The van der Waals surface area contributed by atoms with Gasteiger partial charge in [0.05, 0.1) is 17.7 Å². The number of aromatic nitrogens is 1. The Morgan fingerprint density at radius 3 is 2.62 bits per heavy atom. The number of esters is 1. The molecule has 0 saturated carbocycles. The molecule has 0 saturated heterocycles. The van der Waals surface area contributed by atoms with Crippen LogP contribution in [0.25, 0.3) is 0 Å². The molecule has 0 bridgehead atoms. The van der Waals surface area contributed by atoms with Gasteiger partial charge in [0, 0.05) is 6.92 Å². The van der Waals surface area contributed by atoms with E-state index in [9.17, 15) is 9.59 Å². The maximum absolute atomic E-state index is 12.2. The lowest BCUT2D eigenvalue weighted by Crippen LogP contribution is -2.28. The molecule has 0 aliphatic carbocycles. The van der Waals surface area contributed by atoms with Crippen LogP contribution in [0.1, 0.15) is 34.0 Å². The number of thiazole rings is 1. The largest absolute Gasteiger partial charge is 0.451 e. The quantitative estimate of drug-likeness (QED) is 0.862. The highest BCUT2D eigenvalue weighted by Crippen LogP contribution is 2.21. The van der Waals surface area contributed by atoms with Gasteiger partial charge in [-0.2, -0.15) is 0 Å². The summed E-state index contributed by atoms with van der Waals surface area (Å²) >= 11 is 1.25. The van der Waals surface area contributed by atoms with Gasteiger partial charge in [0.1, 0.15) is 11.0 Å². The van der Waals surface area contributed by atoms with Crippen LogP contribution >= 0.6 is 11.3 Å². The SMILES string of the molecule is CC(=O)NC[C@H](OC(=O)c1scnc1C)c1ccccc1. The van der Waals surface area contributed by atoms with E-state index < -0.39 is 12.1 Å². The Morgan fingerprint density at radius 1 is 1.33 bits per heavy atom. The highest BCUT2D eigenvalue weighted by atomic mass is 32.1. The van der Waals surface area contributed by atoms with Crippen LogP contribution in [0.2, 0.25) is 0 Å². The van der Waals surface area contributed by atoms with Crippen molar-refractivity contribution >= 4 is 23.2 Å². The van der Waals surface area contributed by atoms with Gasteiger partial charge < -0.3 is 10.1 Å². The van der Waals surface area contributed by atoms with Crippen LogP contribution in [0.15, 0.2) is 35.8 Å². The number of nitrogens with one attached hydrogen (secondary N) is 1. The average molecular weight is 304 g/mol. The highest BCUT2D eigenvalue weighted by Gasteiger charge is 2.20. The molecule has 1 atom stereocenters. The Kier molecular flexibility index (Phi) is 5.05. The summed E-state index contributed by atoms with van der Waals surface area (Å²) in [5, 5.41) is 2.68. The number of nitrogens with zero attached hydrogens (tertiary/aromatic N) is 1. The number of benzene rings is 1. The number of hydrogen-bond donors (Lipinski definition) is 1. The van der Waals surface area contributed by atoms with Crippen molar-refractivity contribution in [2.75, 3.05) is 6.54 Å². The van der Waals surface area contributed by atoms with Crippen LogP contribution in [0.4, 0.5) is 0 Å². The number of amides is 1. The Morgan fingerprint density at radius 2 is 2.05 bits per heavy atom. The van der Waals surface area contributed by atoms with Crippen LogP contribution in [0.3, 0.4) is 0 Å². The maximum Gasteiger partial charge on any atom is 0.350 e. The first kappa shape index (κ1) is 15.2. The standard InChI is InChI=1S/C15H16N2O3S/c1-10-14(21-9-17-10)15(19)20-13(8-16-11(2)18)12-6-4-3-5-7-12/h3-7,9,13H,8H2,1-2H3,(H,16,18)/t13-/m0/s1. The summed E-state index contributed by atoms with van der Waals surface area (Å²) in [6.07, 6.45) is -0.524.